The highest BCUT2D eigenvalue weighted by Crippen LogP contribution is 2.25. The minimum Gasteiger partial charge on any atom is -0.329 e. The lowest BCUT2D eigenvalue weighted by atomic mass is 10.4. The standard InChI is InChI=1S/C7H11ClN2O2S2.ClH/c1-5(4-9)10-14(11,12)7-3-2-6(8)13-7;/h2-3,5,10H,4,9H2,1H3;1H/t5-;/m1./s1. The lowest BCUT2D eigenvalue weighted by molar-refractivity contribution is 0.564. The molecule has 0 aliphatic carbocycles. The summed E-state index contributed by atoms with van der Waals surface area (Å²) in [5.41, 5.74) is 5.31. The molecule has 1 heterocycles. The monoisotopic (exact) mass is 290 g/mol. The summed E-state index contributed by atoms with van der Waals surface area (Å²) in [5.74, 6) is 0. The van der Waals surface area contributed by atoms with Crippen LogP contribution in [0.25, 0.3) is 0 Å². The van der Waals surface area contributed by atoms with Crippen molar-refractivity contribution in [3.63, 3.8) is 0 Å². The van der Waals surface area contributed by atoms with Crippen LogP contribution in [0.1, 0.15) is 6.92 Å². The van der Waals surface area contributed by atoms with E-state index in [9.17, 15) is 8.42 Å². The molecule has 0 fully saturated rings. The molecule has 8 heteroatoms. The average molecular weight is 291 g/mol. The Labute approximate surface area is 104 Å². The molecule has 0 aliphatic rings. The lowest BCUT2D eigenvalue weighted by Crippen LogP contribution is -2.37. The highest BCUT2D eigenvalue weighted by molar-refractivity contribution is 7.91. The molecule has 1 aromatic heterocycles. The molecule has 0 aliphatic heterocycles. The summed E-state index contributed by atoms with van der Waals surface area (Å²) in [6.07, 6.45) is 0. The van der Waals surface area contributed by atoms with Gasteiger partial charge in [-0.1, -0.05) is 11.6 Å². The van der Waals surface area contributed by atoms with Gasteiger partial charge in [0.1, 0.15) is 4.21 Å². The fourth-order valence-corrected chi connectivity index (χ4v) is 3.57. The largest absolute Gasteiger partial charge is 0.329 e. The van der Waals surface area contributed by atoms with E-state index in [1.165, 1.54) is 6.07 Å². The summed E-state index contributed by atoms with van der Waals surface area (Å²) in [6, 6.07) is 2.74. The zero-order valence-corrected chi connectivity index (χ0v) is 11.1. The molecule has 88 valence electrons. The number of hydrogen-bond acceptors (Lipinski definition) is 4. The molecule has 1 atom stereocenters. The van der Waals surface area contributed by atoms with Crippen LogP contribution in [-0.4, -0.2) is 21.0 Å². The van der Waals surface area contributed by atoms with E-state index in [2.05, 4.69) is 4.72 Å². The van der Waals surface area contributed by atoms with E-state index in [4.69, 9.17) is 17.3 Å². The van der Waals surface area contributed by atoms with Gasteiger partial charge in [-0.3, -0.25) is 0 Å². The second kappa shape index (κ2) is 6.03. The quantitative estimate of drug-likeness (QED) is 0.882. The van der Waals surface area contributed by atoms with Gasteiger partial charge in [0.2, 0.25) is 10.0 Å². The van der Waals surface area contributed by atoms with Crippen LogP contribution in [0.2, 0.25) is 4.34 Å². The number of rotatable bonds is 4. The molecule has 0 saturated heterocycles. The van der Waals surface area contributed by atoms with Crippen LogP contribution in [0.5, 0.6) is 0 Å². The number of thiophene rings is 1. The summed E-state index contributed by atoms with van der Waals surface area (Å²) in [4.78, 5) is 0. The molecule has 0 amide bonds. The second-order valence-corrected chi connectivity index (χ2v) is 6.47. The number of hydrogen-bond donors (Lipinski definition) is 2. The molecule has 4 nitrogen and oxygen atoms in total. The van der Waals surface area contributed by atoms with Gasteiger partial charge in [0, 0.05) is 12.6 Å². The van der Waals surface area contributed by atoms with Gasteiger partial charge in [-0.05, 0) is 19.1 Å². The van der Waals surface area contributed by atoms with Crippen molar-refractivity contribution in [2.24, 2.45) is 5.73 Å². The van der Waals surface area contributed by atoms with Crippen LogP contribution in [0.4, 0.5) is 0 Å². The van der Waals surface area contributed by atoms with E-state index >= 15 is 0 Å². The maximum atomic E-state index is 11.6. The van der Waals surface area contributed by atoms with Crippen molar-refractivity contribution in [2.45, 2.75) is 17.2 Å². The summed E-state index contributed by atoms with van der Waals surface area (Å²) in [6.45, 7) is 1.96. The molecule has 0 aromatic carbocycles. The van der Waals surface area contributed by atoms with Crippen LogP contribution < -0.4 is 10.5 Å². The normalized spacial score (nSPS) is 13.3. The highest BCUT2D eigenvalue weighted by atomic mass is 35.5. The minimum atomic E-state index is -3.45. The molecular weight excluding hydrogens is 279 g/mol. The third kappa shape index (κ3) is 4.26. The van der Waals surface area contributed by atoms with Gasteiger partial charge in [-0.15, -0.1) is 23.7 Å². The first-order valence-electron chi connectivity index (χ1n) is 3.93. The molecular formula is C7H12Cl2N2O2S2. The highest BCUT2D eigenvalue weighted by Gasteiger charge is 2.18. The predicted octanol–water partition coefficient (Wildman–Crippen LogP) is 1.45. The SMILES string of the molecule is C[C@H](CN)NS(=O)(=O)c1ccc(Cl)s1.Cl. The van der Waals surface area contributed by atoms with Crippen molar-refractivity contribution in [2.75, 3.05) is 6.54 Å². The Bertz CT molecular complexity index is 405. The van der Waals surface area contributed by atoms with E-state index in [0.717, 1.165) is 11.3 Å². The third-order valence-electron chi connectivity index (χ3n) is 1.52. The molecule has 1 rings (SSSR count). The molecule has 15 heavy (non-hydrogen) atoms. The van der Waals surface area contributed by atoms with Crippen molar-refractivity contribution < 1.29 is 8.42 Å². The lowest BCUT2D eigenvalue weighted by Gasteiger charge is -2.09. The van der Waals surface area contributed by atoms with Crippen LogP contribution in [0, 0.1) is 0 Å². The molecule has 0 bridgehead atoms. The Balaban J connectivity index is 0.00000196. The van der Waals surface area contributed by atoms with E-state index in [1.807, 2.05) is 0 Å². The second-order valence-electron chi connectivity index (χ2n) is 2.82. The molecule has 3 N–H and O–H groups in total. The van der Waals surface area contributed by atoms with Gasteiger partial charge in [0.25, 0.3) is 0 Å². The average Bonchev–Trinajstić information content (AvgIpc) is 2.51. The summed E-state index contributed by atoms with van der Waals surface area (Å²) >= 11 is 6.66. The summed E-state index contributed by atoms with van der Waals surface area (Å²) in [5, 5.41) is 0. The van der Waals surface area contributed by atoms with Crippen molar-refractivity contribution in [3.05, 3.63) is 16.5 Å². The van der Waals surface area contributed by atoms with Crippen LogP contribution in [0.15, 0.2) is 16.3 Å². The molecule has 0 unspecified atom stereocenters. The number of nitrogens with one attached hydrogen (secondary N) is 1. The van der Waals surface area contributed by atoms with Crippen molar-refractivity contribution in [1.82, 2.24) is 4.72 Å². The van der Waals surface area contributed by atoms with Crippen LogP contribution in [0.3, 0.4) is 0 Å². The zero-order valence-electron chi connectivity index (χ0n) is 7.94. The first-order chi connectivity index (χ1) is 6.45. The Kier molecular flexibility index (Phi) is 6.09. The van der Waals surface area contributed by atoms with E-state index in [1.54, 1.807) is 13.0 Å². The smallest absolute Gasteiger partial charge is 0.250 e. The number of halogens is 2. The van der Waals surface area contributed by atoms with Gasteiger partial charge >= 0.3 is 0 Å². The Morgan fingerprint density at radius 3 is 2.60 bits per heavy atom. The van der Waals surface area contributed by atoms with E-state index in [-0.39, 0.29) is 29.2 Å². The van der Waals surface area contributed by atoms with Crippen molar-refractivity contribution in [3.8, 4) is 0 Å². The maximum Gasteiger partial charge on any atom is 0.250 e. The van der Waals surface area contributed by atoms with Gasteiger partial charge in [0.05, 0.1) is 4.34 Å². The van der Waals surface area contributed by atoms with Crippen molar-refractivity contribution >= 4 is 45.4 Å². The van der Waals surface area contributed by atoms with Gasteiger partial charge in [-0.25, -0.2) is 13.1 Å². The van der Waals surface area contributed by atoms with E-state index < -0.39 is 10.0 Å². The Morgan fingerprint density at radius 2 is 2.20 bits per heavy atom. The van der Waals surface area contributed by atoms with Crippen LogP contribution >= 0.6 is 35.3 Å². The first kappa shape index (κ1) is 15.2. The van der Waals surface area contributed by atoms with Gasteiger partial charge in [-0.2, -0.15) is 0 Å². The molecule has 0 spiro atoms. The third-order valence-corrected chi connectivity index (χ3v) is 4.84. The Hall–Kier alpha value is 0.150. The zero-order chi connectivity index (χ0) is 10.8. The molecule has 0 radical (unpaired) electrons. The minimum absolute atomic E-state index is 0. The van der Waals surface area contributed by atoms with E-state index in [0.29, 0.717) is 4.34 Å². The fourth-order valence-electron chi connectivity index (χ4n) is 0.813. The predicted molar refractivity (Wildman–Crippen MR) is 65.4 cm³/mol. The fraction of sp³-hybridized carbons (Fsp3) is 0.429. The van der Waals surface area contributed by atoms with Crippen LogP contribution in [-0.2, 0) is 10.0 Å². The topological polar surface area (TPSA) is 72.2 Å². The number of sulfonamides is 1. The first-order valence-corrected chi connectivity index (χ1v) is 6.61. The molecule has 1 aromatic rings. The van der Waals surface area contributed by atoms with Gasteiger partial charge in [0.15, 0.2) is 0 Å². The Morgan fingerprint density at radius 1 is 1.60 bits per heavy atom. The van der Waals surface area contributed by atoms with Crippen molar-refractivity contribution in [1.29, 1.82) is 0 Å². The number of nitrogens with two attached hydrogens (primary N) is 1. The van der Waals surface area contributed by atoms with Gasteiger partial charge < -0.3 is 5.73 Å². The summed E-state index contributed by atoms with van der Waals surface area (Å²) in [7, 11) is -3.45. The molecule has 0 saturated carbocycles. The summed E-state index contributed by atoms with van der Waals surface area (Å²) < 4.78 is 26.3. The maximum absolute atomic E-state index is 11.6.